The maximum atomic E-state index is 11.5. The molecule has 3 nitrogen and oxygen atoms in total. The van der Waals surface area contributed by atoms with Crippen LogP contribution in [0.2, 0.25) is 0 Å². The second-order valence-electron chi connectivity index (χ2n) is 6.34. The van der Waals surface area contributed by atoms with E-state index in [4.69, 9.17) is 0 Å². The van der Waals surface area contributed by atoms with E-state index < -0.39 is 0 Å². The molecule has 1 amide bonds. The van der Waals surface area contributed by atoms with Gasteiger partial charge in [0.15, 0.2) is 0 Å². The number of likely N-dealkylation sites (tertiary alicyclic amines) is 1. The van der Waals surface area contributed by atoms with Crippen molar-refractivity contribution in [3.63, 3.8) is 0 Å². The first-order chi connectivity index (χ1) is 8.20. The molecule has 2 atom stereocenters. The molecule has 3 heteroatoms. The topological polar surface area (TPSA) is 32.3 Å². The molecule has 0 bridgehead atoms. The summed E-state index contributed by atoms with van der Waals surface area (Å²) < 4.78 is 0. The molecule has 3 aliphatic rings. The monoisotopic (exact) mass is 236 g/mol. The molecule has 2 aliphatic carbocycles. The van der Waals surface area contributed by atoms with E-state index in [0.717, 1.165) is 25.4 Å². The summed E-state index contributed by atoms with van der Waals surface area (Å²) in [5.74, 6) is 0.313. The molecule has 3 fully saturated rings. The zero-order valence-corrected chi connectivity index (χ0v) is 10.9. The van der Waals surface area contributed by atoms with Gasteiger partial charge in [-0.15, -0.1) is 0 Å². The highest BCUT2D eigenvalue weighted by Gasteiger charge is 2.47. The average Bonchev–Trinajstić information content (AvgIpc) is 2.67. The second-order valence-corrected chi connectivity index (χ2v) is 6.34. The second kappa shape index (κ2) is 4.27. The Bertz CT molecular complexity index is 311. The van der Waals surface area contributed by atoms with Crippen molar-refractivity contribution in [3.05, 3.63) is 0 Å². The van der Waals surface area contributed by atoms with Crippen LogP contribution in [-0.4, -0.2) is 36.5 Å². The summed E-state index contributed by atoms with van der Waals surface area (Å²) in [5, 5.41) is 3.87. The molecule has 1 saturated heterocycles. The van der Waals surface area contributed by atoms with Crippen LogP contribution in [0.4, 0.5) is 0 Å². The van der Waals surface area contributed by atoms with Crippen molar-refractivity contribution in [3.8, 4) is 0 Å². The lowest BCUT2D eigenvalue weighted by atomic mass is 9.65. The van der Waals surface area contributed by atoms with E-state index in [-0.39, 0.29) is 0 Å². The number of amides is 1. The SMILES string of the molecule is CN1CC(NC2CCCC23CCC3)CCC1=O. The van der Waals surface area contributed by atoms with Crippen LogP contribution in [0.5, 0.6) is 0 Å². The maximum Gasteiger partial charge on any atom is 0.222 e. The van der Waals surface area contributed by atoms with Crippen molar-refractivity contribution < 1.29 is 4.79 Å². The predicted octanol–water partition coefficient (Wildman–Crippen LogP) is 1.92. The molecule has 17 heavy (non-hydrogen) atoms. The maximum absolute atomic E-state index is 11.5. The molecule has 2 unspecified atom stereocenters. The minimum absolute atomic E-state index is 0.313. The Hall–Kier alpha value is -0.570. The van der Waals surface area contributed by atoms with Gasteiger partial charge in [0.1, 0.15) is 0 Å². The number of carbonyl (C=O) groups is 1. The van der Waals surface area contributed by atoms with Crippen LogP contribution in [0.3, 0.4) is 0 Å². The van der Waals surface area contributed by atoms with Crippen molar-refractivity contribution in [2.45, 2.75) is 63.5 Å². The van der Waals surface area contributed by atoms with E-state index >= 15 is 0 Å². The Morgan fingerprint density at radius 1 is 1.24 bits per heavy atom. The zero-order valence-electron chi connectivity index (χ0n) is 10.9. The molecule has 1 heterocycles. The van der Waals surface area contributed by atoms with E-state index in [1.165, 1.54) is 38.5 Å². The summed E-state index contributed by atoms with van der Waals surface area (Å²) in [6.07, 6.45) is 10.3. The highest BCUT2D eigenvalue weighted by atomic mass is 16.2. The lowest BCUT2D eigenvalue weighted by Gasteiger charge is -2.46. The first kappa shape index (κ1) is 11.5. The first-order valence-electron chi connectivity index (χ1n) is 7.20. The van der Waals surface area contributed by atoms with Gasteiger partial charge in [0.05, 0.1) is 0 Å². The third-order valence-corrected chi connectivity index (χ3v) is 5.32. The lowest BCUT2D eigenvalue weighted by molar-refractivity contribution is -0.132. The summed E-state index contributed by atoms with van der Waals surface area (Å²) in [6, 6.07) is 1.28. The average molecular weight is 236 g/mol. The van der Waals surface area contributed by atoms with Gasteiger partial charge in [-0.25, -0.2) is 0 Å². The highest BCUT2D eigenvalue weighted by Crippen LogP contribution is 2.53. The fraction of sp³-hybridized carbons (Fsp3) is 0.929. The van der Waals surface area contributed by atoms with Gasteiger partial charge >= 0.3 is 0 Å². The Morgan fingerprint density at radius 2 is 2.00 bits per heavy atom. The van der Waals surface area contributed by atoms with Crippen molar-refractivity contribution in [2.75, 3.05) is 13.6 Å². The number of piperidine rings is 1. The quantitative estimate of drug-likeness (QED) is 0.794. The van der Waals surface area contributed by atoms with Crippen LogP contribution in [0.1, 0.15) is 51.4 Å². The number of hydrogen-bond acceptors (Lipinski definition) is 2. The van der Waals surface area contributed by atoms with Crippen LogP contribution in [0.15, 0.2) is 0 Å². The van der Waals surface area contributed by atoms with Gasteiger partial charge in [0, 0.05) is 32.1 Å². The Balaban J connectivity index is 1.58. The zero-order chi connectivity index (χ0) is 11.9. The lowest BCUT2D eigenvalue weighted by Crippen LogP contribution is -2.54. The van der Waals surface area contributed by atoms with Crippen molar-refractivity contribution in [1.29, 1.82) is 0 Å². The number of carbonyl (C=O) groups excluding carboxylic acids is 1. The van der Waals surface area contributed by atoms with Gasteiger partial charge in [-0.2, -0.15) is 0 Å². The molecule has 0 aromatic heterocycles. The standard InChI is InChI=1S/C14H24N2O/c1-16-10-11(5-6-13(16)17)15-12-4-2-7-14(12)8-3-9-14/h11-12,15H,2-10H2,1H3. The molecule has 0 aromatic carbocycles. The van der Waals surface area contributed by atoms with Gasteiger partial charge in [-0.1, -0.05) is 12.8 Å². The third-order valence-electron chi connectivity index (χ3n) is 5.32. The Labute approximate surface area is 104 Å². The van der Waals surface area contributed by atoms with Crippen molar-refractivity contribution in [1.82, 2.24) is 10.2 Å². The normalized spacial score (nSPS) is 36.3. The molecule has 1 aliphatic heterocycles. The van der Waals surface area contributed by atoms with Crippen molar-refractivity contribution in [2.24, 2.45) is 5.41 Å². The van der Waals surface area contributed by atoms with Gasteiger partial charge in [-0.3, -0.25) is 4.79 Å². The molecule has 2 saturated carbocycles. The summed E-state index contributed by atoms with van der Waals surface area (Å²) in [4.78, 5) is 13.4. The first-order valence-corrected chi connectivity index (χ1v) is 7.20. The Kier molecular flexibility index (Phi) is 2.89. The molecule has 3 rings (SSSR count). The van der Waals surface area contributed by atoms with E-state index in [0.29, 0.717) is 17.4 Å². The molecule has 1 spiro atoms. The summed E-state index contributed by atoms with van der Waals surface area (Å²) in [5.41, 5.74) is 0.653. The minimum atomic E-state index is 0.313. The van der Waals surface area contributed by atoms with E-state index in [2.05, 4.69) is 5.32 Å². The van der Waals surface area contributed by atoms with Crippen LogP contribution >= 0.6 is 0 Å². The molecule has 0 aromatic rings. The van der Waals surface area contributed by atoms with Crippen LogP contribution in [0, 0.1) is 5.41 Å². The predicted molar refractivity (Wildman–Crippen MR) is 67.7 cm³/mol. The molecular weight excluding hydrogens is 212 g/mol. The number of likely N-dealkylation sites (N-methyl/N-ethyl adjacent to an activating group) is 1. The number of hydrogen-bond donors (Lipinski definition) is 1. The summed E-state index contributed by atoms with van der Waals surface area (Å²) >= 11 is 0. The number of nitrogens with zero attached hydrogens (tertiary/aromatic N) is 1. The van der Waals surface area contributed by atoms with E-state index in [1.807, 2.05) is 11.9 Å². The smallest absolute Gasteiger partial charge is 0.222 e. The number of nitrogens with one attached hydrogen (secondary N) is 1. The van der Waals surface area contributed by atoms with Gasteiger partial charge in [0.25, 0.3) is 0 Å². The summed E-state index contributed by atoms with van der Waals surface area (Å²) in [6.45, 7) is 0.908. The number of rotatable bonds is 2. The minimum Gasteiger partial charge on any atom is -0.344 e. The van der Waals surface area contributed by atoms with Crippen molar-refractivity contribution >= 4 is 5.91 Å². The fourth-order valence-corrected chi connectivity index (χ4v) is 4.06. The highest BCUT2D eigenvalue weighted by molar-refractivity contribution is 5.76. The molecular formula is C14H24N2O. The third kappa shape index (κ3) is 1.99. The van der Waals surface area contributed by atoms with Crippen LogP contribution < -0.4 is 5.32 Å². The van der Waals surface area contributed by atoms with Gasteiger partial charge in [-0.05, 0) is 37.5 Å². The fourth-order valence-electron chi connectivity index (χ4n) is 4.06. The Morgan fingerprint density at radius 3 is 2.65 bits per heavy atom. The van der Waals surface area contributed by atoms with Gasteiger partial charge < -0.3 is 10.2 Å². The molecule has 1 N–H and O–H groups in total. The summed E-state index contributed by atoms with van der Waals surface area (Å²) in [7, 11) is 1.93. The molecule has 0 radical (unpaired) electrons. The van der Waals surface area contributed by atoms with E-state index in [1.54, 1.807) is 0 Å². The molecule has 96 valence electrons. The van der Waals surface area contributed by atoms with Crippen LogP contribution in [-0.2, 0) is 4.79 Å². The van der Waals surface area contributed by atoms with Crippen LogP contribution in [0.25, 0.3) is 0 Å². The largest absolute Gasteiger partial charge is 0.344 e. The van der Waals surface area contributed by atoms with Gasteiger partial charge in [0.2, 0.25) is 5.91 Å². The van der Waals surface area contributed by atoms with E-state index in [9.17, 15) is 4.79 Å².